The van der Waals surface area contributed by atoms with Gasteiger partial charge in [-0.05, 0) is 42.0 Å². The van der Waals surface area contributed by atoms with Crippen LogP contribution < -0.4 is 5.32 Å². The molecule has 0 spiro atoms. The Labute approximate surface area is 141 Å². The van der Waals surface area contributed by atoms with E-state index in [9.17, 15) is 4.79 Å². The molecule has 5 heteroatoms. The number of thiophene rings is 1. The Bertz CT molecular complexity index is 747. The van der Waals surface area contributed by atoms with Gasteiger partial charge in [0.25, 0.3) is 5.91 Å². The minimum absolute atomic E-state index is 0.0417. The molecule has 112 valence electrons. The summed E-state index contributed by atoms with van der Waals surface area (Å²) in [4.78, 5) is 13.9. The molecule has 1 amide bonds. The fourth-order valence-corrected chi connectivity index (χ4v) is 3.26. The van der Waals surface area contributed by atoms with Crippen LogP contribution >= 0.6 is 27.3 Å². The van der Waals surface area contributed by atoms with Crippen LogP contribution in [0.5, 0.6) is 0 Å². The summed E-state index contributed by atoms with van der Waals surface area (Å²) in [5, 5.41) is 2.92. The topological polar surface area (TPSA) is 42.2 Å². The highest BCUT2D eigenvalue weighted by atomic mass is 79.9. The second-order valence-electron chi connectivity index (χ2n) is 4.76. The molecule has 0 radical (unpaired) electrons. The molecular formula is C17H14BrNO2S. The van der Waals surface area contributed by atoms with E-state index in [2.05, 4.69) is 21.2 Å². The molecule has 0 aliphatic heterocycles. The van der Waals surface area contributed by atoms with Gasteiger partial charge in [-0.2, -0.15) is 0 Å². The van der Waals surface area contributed by atoms with Crippen LogP contribution in [0.4, 0.5) is 0 Å². The first-order valence-corrected chi connectivity index (χ1v) is 8.50. The Morgan fingerprint density at radius 1 is 1.14 bits per heavy atom. The van der Waals surface area contributed by atoms with Gasteiger partial charge < -0.3 is 9.73 Å². The molecule has 22 heavy (non-hydrogen) atoms. The predicted molar refractivity (Wildman–Crippen MR) is 92.2 cm³/mol. The lowest BCUT2D eigenvalue weighted by atomic mass is 10.2. The third-order valence-corrected chi connectivity index (χ3v) is 4.86. The summed E-state index contributed by atoms with van der Waals surface area (Å²) < 4.78 is 6.29. The van der Waals surface area contributed by atoms with E-state index in [1.165, 1.54) is 11.3 Å². The number of amides is 1. The number of carbonyl (C=O) groups excluding carboxylic acids is 1. The molecule has 0 unspecified atom stereocenters. The molecule has 0 aliphatic rings. The van der Waals surface area contributed by atoms with Crippen molar-refractivity contribution < 1.29 is 9.21 Å². The average Bonchev–Trinajstić information content (AvgIpc) is 3.19. The lowest BCUT2D eigenvalue weighted by molar-refractivity contribution is 0.0958. The SMILES string of the molecule is O=C(NCCc1ccco1)c1ccc(-c2ccc(Br)cc2)s1. The first-order valence-electron chi connectivity index (χ1n) is 6.89. The average molecular weight is 376 g/mol. The zero-order chi connectivity index (χ0) is 15.4. The largest absolute Gasteiger partial charge is 0.469 e. The van der Waals surface area contributed by atoms with E-state index < -0.39 is 0 Å². The second kappa shape index (κ2) is 6.94. The van der Waals surface area contributed by atoms with Crippen molar-refractivity contribution in [3.8, 4) is 10.4 Å². The summed E-state index contributed by atoms with van der Waals surface area (Å²) in [7, 11) is 0. The van der Waals surface area contributed by atoms with Crippen LogP contribution in [0.1, 0.15) is 15.4 Å². The van der Waals surface area contributed by atoms with Crippen molar-refractivity contribution in [2.24, 2.45) is 0 Å². The highest BCUT2D eigenvalue weighted by molar-refractivity contribution is 9.10. The van der Waals surface area contributed by atoms with Gasteiger partial charge in [-0.25, -0.2) is 0 Å². The number of benzene rings is 1. The van der Waals surface area contributed by atoms with Crippen molar-refractivity contribution in [3.05, 3.63) is 69.9 Å². The van der Waals surface area contributed by atoms with Crippen LogP contribution in [0, 0.1) is 0 Å². The zero-order valence-electron chi connectivity index (χ0n) is 11.7. The predicted octanol–water partition coefficient (Wildman–Crippen LogP) is 4.74. The standard InChI is InChI=1S/C17H14BrNO2S/c18-13-5-3-12(4-6-13)15-7-8-16(22-15)17(20)19-10-9-14-2-1-11-21-14/h1-8,11H,9-10H2,(H,19,20). The van der Waals surface area contributed by atoms with Crippen LogP contribution in [0.25, 0.3) is 10.4 Å². The van der Waals surface area contributed by atoms with Crippen LogP contribution in [0.15, 0.2) is 63.7 Å². The van der Waals surface area contributed by atoms with Crippen molar-refractivity contribution in [3.63, 3.8) is 0 Å². The second-order valence-corrected chi connectivity index (χ2v) is 6.76. The molecule has 2 aromatic heterocycles. The van der Waals surface area contributed by atoms with Gasteiger partial charge in [-0.1, -0.05) is 28.1 Å². The number of hydrogen-bond acceptors (Lipinski definition) is 3. The van der Waals surface area contributed by atoms with E-state index >= 15 is 0 Å². The molecule has 0 aliphatic carbocycles. The quantitative estimate of drug-likeness (QED) is 0.699. The van der Waals surface area contributed by atoms with Crippen molar-refractivity contribution in [1.82, 2.24) is 5.32 Å². The molecular weight excluding hydrogens is 362 g/mol. The first kappa shape index (κ1) is 15.1. The van der Waals surface area contributed by atoms with E-state index in [0.717, 1.165) is 25.6 Å². The monoisotopic (exact) mass is 375 g/mol. The minimum Gasteiger partial charge on any atom is -0.469 e. The number of hydrogen-bond donors (Lipinski definition) is 1. The molecule has 1 aromatic carbocycles. The maximum atomic E-state index is 12.1. The Hall–Kier alpha value is -1.85. The fraction of sp³-hybridized carbons (Fsp3) is 0.118. The molecule has 3 aromatic rings. The molecule has 3 nitrogen and oxygen atoms in total. The number of carbonyl (C=O) groups is 1. The third kappa shape index (κ3) is 3.67. The Morgan fingerprint density at radius 3 is 2.68 bits per heavy atom. The lowest BCUT2D eigenvalue weighted by Crippen LogP contribution is -2.24. The first-order chi connectivity index (χ1) is 10.7. The Kier molecular flexibility index (Phi) is 4.75. The van der Waals surface area contributed by atoms with Gasteiger partial charge in [0.1, 0.15) is 5.76 Å². The summed E-state index contributed by atoms with van der Waals surface area (Å²) >= 11 is 4.92. The van der Waals surface area contributed by atoms with Crippen molar-refractivity contribution in [2.45, 2.75) is 6.42 Å². The van der Waals surface area contributed by atoms with Crippen molar-refractivity contribution in [2.75, 3.05) is 6.54 Å². The van der Waals surface area contributed by atoms with E-state index in [0.29, 0.717) is 13.0 Å². The summed E-state index contributed by atoms with van der Waals surface area (Å²) in [6.07, 6.45) is 2.34. The summed E-state index contributed by atoms with van der Waals surface area (Å²) in [5.41, 5.74) is 1.11. The molecule has 0 bridgehead atoms. The summed E-state index contributed by atoms with van der Waals surface area (Å²) in [6, 6.07) is 15.7. The summed E-state index contributed by atoms with van der Waals surface area (Å²) in [5.74, 6) is 0.835. The molecule has 0 saturated carbocycles. The highest BCUT2D eigenvalue weighted by Gasteiger charge is 2.10. The van der Waals surface area contributed by atoms with Crippen molar-refractivity contribution >= 4 is 33.2 Å². The van der Waals surface area contributed by atoms with Crippen LogP contribution in [0.3, 0.4) is 0 Å². The normalized spacial score (nSPS) is 10.6. The maximum Gasteiger partial charge on any atom is 0.261 e. The van der Waals surface area contributed by atoms with E-state index in [1.54, 1.807) is 6.26 Å². The van der Waals surface area contributed by atoms with Crippen LogP contribution in [0.2, 0.25) is 0 Å². The molecule has 0 fully saturated rings. The van der Waals surface area contributed by atoms with Gasteiger partial charge in [0.2, 0.25) is 0 Å². The third-order valence-electron chi connectivity index (χ3n) is 3.20. The maximum absolute atomic E-state index is 12.1. The van der Waals surface area contributed by atoms with Crippen LogP contribution in [-0.2, 0) is 6.42 Å². The number of furan rings is 1. The van der Waals surface area contributed by atoms with E-state index in [-0.39, 0.29) is 5.91 Å². The van der Waals surface area contributed by atoms with E-state index in [1.807, 2.05) is 48.5 Å². The molecule has 1 N–H and O–H groups in total. The van der Waals surface area contributed by atoms with Gasteiger partial charge in [0, 0.05) is 22.3 Å². The highest BCUT2D eigenvalue weighted by Crippen LogP contribution is 2.29. The van der Waals surface area contributed by atoms with Crippen molar-refractivity contribution in [1.29, 1.82) is 0 Å². The number of rotatable bonds is 5. The Balaban J connectivity index is 1.60. The lowest BCUT2D eigenvalue weighted by Gasteiger charge is -2.01. The summed E-state index contributed by atoms with van der Waals surface area (Å²) in [6.45, 7) is 0.567. The fourth-order valence-electron chi connectivity index (χ4n) is 2.07. The minimum atomic E-state index is -0.0417. The molecule has 0 saturated heterocycles. The molecule has 0 atom stereocenters. The molecule has 3 rings (SSSR count). The number of halogens is 1. The Morgan fingerprint density at radius 2 is 1.95 bits per heavy atom. The van der Waals surface area contributed by atoms with E-state index in [4.69, 9.17) is 4.42 Å². The molecule has 2 heterocycles. The zero-order valence-corrected chi connectivity index (χ0v) is 14.1. The number of nitrogens with one attached hydrogen (secondary N) is 1. The van der Waals surface area contributed by atoms with Crippen LogP contribution in [-0.4, -0.2) is 12.5 Å². The van der Waals surface area contributed by atoms with Gasteiger partial charge in [-0.15, -0.1) is 11.3 Å². The smallest absolute Gasteiger partial charge is 0.261 e. The van der Waals surface area contributed by atoms with Gasteiger partial charge in [-0.3, -0.25) is 4.79 Å². The van der Waals surface area contributed by atoms with Gasteiger partial charge in [0.05, 0.1) is 11.1 Å². The van der Waals surface area contributed by atoms with Gasteiger partial charge >= 0.3 is 0 Å². The van der Waals surface area contributed by atoms with Gasteiger partial charge in [0.15, 0.2) is 0 Å².